The Kier molecular flexibility index (Phi) is 5.81. The number of allylic oxidation sites excluding steroid dienone is 2. The zero-order chi connectivity index (χ0) is 11.2. The predicted molar refractivity (Wildman–Crippen MR) is 48.6 cm³/mol. The second-order valence-electron chi connectivity index (χ2n) is 3.31. The van der Waals surface area contributed by atoms with Crippen LogP contribution in [0.5, 0.6) is 0 Å². The van der Waals surface area contributed by atoms with Gasteiger partial charge in [-0.25, -0.2) is 4.39 Å². The lowest BCUT2D eigenvalue weighted by atomic mass is 10.0. The van der Waals surface area contributed by atoms with E-state index in [4.69, 9.17) is 0 Å². The molecule has 0 saturated carbocycles. The van der Waals surface area contributed by atoms with Crippen LogP contribution in [0, 0.1) is 5.92 Å². The van der Waals surface area contributed by atoms with Gasteiger partial charge in [-0.15, -0.1) is 0 Å². The molecule has 0 heterocycles. The first-order chi connectivity index (χ1) is 6.39. The van der Waals surface area contributed by atoms with Crippen LogP contribution in [0.3, 0.4) is 0 Å². The lowest BCUT2D eigenvalue weighted by Gasteiger charge is -2.08. The van der Waals surface area contributed by atoms with Crippen LogP contribution in [-0.4, -0.2) is 6.18 Å². The van der Waals surface area contributed by atoms with E-state index in [2.05, 4.69) is 0 Å². The highest BCUT2D eigenvalue weighted by Gasteiger charge is 2.27. The third kappa shape index (κ3) is 6.92. The first kappa shape index (κ1) is 13.5. The van der Waals surface area contributed by atoms with Gasteiger partial charge in [-0.2, -0.15) is 13.2 Å². The lowest BCUT2D eigenvalue weighted by Crippen LogP contribution is -2.06. The topological polar surface area (TPSA) is 0 Å². The molecule has 0 aromatic rings. The van der Waals surface area contributed by atoms with Crippen LogP contribution in [0.15, 0.2) is 11.9 Å². The lowest BCUT2D eigenvalue weighted by molar-refractivity contribution is -0.134. The van der Waals surface area contributed by atoms with Crippen molar-refractivity contribution in [2.75, 3.05) is 0 Å². The monoisotopic (exact) mass is 212 g/mol. The summed E-state index contributed by atoms with van der Waals surface area (Å²) < 4.78 is 48.1. The predicted octanol–water partition coefficient (Wildman–Crippen LogP) is 4.62. The molecule has 4 heteroatoms. The molecule has 0 aromatic carbocycles. The van der Waals surface area contributed by atoms with Gasteiger partial charge in [0.25, 0.3) is 0 Å². The molecule has 84 valence electrons. The maximum absolute atomic E-state index is 12.9. The van der Waals surface area contributed by atoms with Crippen molar-refractivity contribution in [3.8, 4) is 0 Å². The summed E-state index contributed by atoms with van der Waals surface area (Å²) in [5, 5.41) is 0. The summed E-state index contributed by atoms with van der Waals surface area (Å²) >= 11 is 0. The highest BCUT2D eigenvalue weighted by Crippen LogP contribution is 2.25. The quantitative estimate of drug-likeness (QED) is 0.583. The zero-order valence-corrected chi connectivity index (χ0v) is 8.49. The fraction of sp³-hybridized carbons (Fsp3) is 0.800. The molecule has 0 radical (unpaired) electrons. The summed E-state index contributed by atoms with van der Waals surface area (Å²) in [6.45, 7) is 3.78. The third-order valence-corrected chi connectivity index (χ3v) is 2.11. The summed E-state index contributed by atoms with van der Waals surface area (Å²) in [4.78, 5) is 0. The molecule has 14 heavy (non-hydrogen) atoms. The molecule has 0 spiro atoms. The van der Waals surface area contributed by atoms with Gasteiger partial charge in [0.1, 0.15) is 0 Å². The molecule has 0 atom stereocenters. The second kappa shape index (κ2) is 6.04. The number of alkyl halides is 3. The van der Waals surface area contributed by atoms with Gasteiger partial charge in [-0.05, 0) is 24.8 Å². The number of hydrogen-bond acceptors (Lipinski definition) is 0. The van der Waals surface area contributed by atoms with E-state index in [1.165, 1.54) is 6.08 Å². The molecular formula is C10H16F4. The van der Waals surface area contributed by atoms with Crippen molar-refractivity contribution in [3.05, 3.63) is 11.9 Å². The summed E-state index contributed by atoms with van der Waals surface area (Å²) in [6, 6.07) is 0. The first-order valence-corrected chi connectivity index (χ1v) is 4.82. The fourth-order valence-electron chi connectivity index (χ4n) is 1.12. The van der Waals surface area contributed by atoms with Crippen molar-refractivity contribution in [1.29, 1.82) is 0 Å². The van der Waals surface area contributed by atoms with Gasteiger partial charge in [-0.1, -0.05) is 13.8 Å². The van der Waals surface area contributed by atoms with Crippen LogP contribution in [0.25, 0.3) is 0 Å². The Bertz CT molecular complexity index is 177. The van der Waals surface area contributed by atoms with Crippen molar-refractivity contribution in [3.63, 3.8) is 0 Å². The molecule has 0 N–H and O–H groups in total. The van der Waals surface area contributed by atoms with E-state index >= 15 is 0 Å². The van der Waals surface area contributed by atoms with Gasteiger partial charge in [0.2, 0.25) is 0 Å². The Morgan fingerprint density at radius 2 is 1.71 bits per heavy atom. The summed E-state index contributed by atoms with van der Waals surface area (Å²) in [6.07, 6.45) is -3.04. The summed E-state index contributed by atoms with van der Waals surface area (Å²) in [7, 11) is 0. The summed E-state index contributed by atoms with van der Waals surface area (Å²) in [5.74, 6) is -0.584. The highest BCUT2D eigenvalue weighted by atomic mass is 19.4. The van der Waals surface area contributed by atoms with E-state index in [1.807, 2.05) is 13.8 Å². The maximum Gasteiger partial charge on any atom is 0.389 e. The van der Waals surface area contributed by atoms with Gasteiger partial charge < -0.3 is 0 Å². The minimum absolute atomic E-state index is 0.0585. The zero-order valence-electron chi connectivity index (χ0n) is 8.49. The maximum atomic E-state index is 12.9. The van der Waals surface area contributed by atoms with E-state index in [-0.39, 0.29) is 5.92 Å². The van der Waals surface area contributed by atoms with Gasteiger partial charge in [-0.3, -0.25) is 0 Å². The Morgan fingerprint density at radius 3 is 2.07 bits per heavy atom. The van der Waals surface area contributed by atoms with Crippen molar-refractivity contribution in [2.24, 2.45) is 5.92 Å². The largest absolute Gasteiger partial charge is 0.389 e. The Morgan fingerprint density at radius 1 is 1.21 bits per heavy atom. The minimum atomic E-state index is -4.26. The molecule has 0 unspecified atom stereocenters. The van der Waals surface area contributed by atoms with E-state index in [1.54, 1.807) is 0 Å². The standard InChI is InChI=1S/C10H16F4/c1-3-8(4-2)7-9(11)5-6-10(12,13)14/h7-8H,3-6H2,1-2H3/b9-7-. The Balaban J connectivity index is 4.00. The molecule has 0 amide bonds. The van der Waals surface area contributed by atoms with E-state index < -0.39 is 24.8 Å². The van der Waals surface area contributed by atoms with Crippen molar-refractivity contribution < 1.29 is 17.6 Å². The fourth-order valence-corrected chi connectivity index (χ4v) is 1.12. The Hall–Kier alpha value is -0.540. The van der Waals surface area contributed by atoms with E-state index in [0.717, 1.165) is 12.8 Å². The third-order valence-electron chi connectivity index (χ3n) is 2.11. The second-order valence-corrected chi connectivity index (χ2v) is 3.31. The molecule has 0 aromatic heterocycles. The number of hydrogen-bond donors (Lipinski definition) is 0. The van der Waals surface area contributed by atoms with Gasteiger partial charge in [0.05, 0.1) is 5.83 Å². The van der Waals surface area contributed by atoms with E-state index in [9.17, 15) is 17.6 Å². The molecule has 0 aliphatic carbocycles. The van der Waals surface area contributed by atoms with Gasteiger partial charge in [0.15, 0.2) is 0 Å². The minimum Gasteiger partial charge on any atom is -0.212 e. The van der Waals surface area contributed by atoms with Crippen LogP contribution in [0.2, 0.25) is 0 Å². The molecule has 0 bridgehead atoms. The molecule has 0 rings (SSSR count). The van der Waals surface area contributed by atoms with Crippen LogP contribution in [0.1, 0.15) is 39.5 Å². The molecule has 0 nitrogen and oxygen atoms in total. The average Bonchev–Trinajstić information content (AvgIpc) is 2.09. The molecular weight excluding hydrogens is 196 g/mol. The van der Waals surface area contributed by atoms with Crippen LogP contribution in [-0.2, 0) is 0 Å². The van der Waals surface area contributed by atoms with Crippen LogP contribution < -0.4 is 0 Å². The Labute approximate surface area is 82.0 Å². The molecule has 0 fully saturated rings. The van der Waals surface area contributed by atoms with E-state index in [0.29, 0.717) is 0 Å². The smallest absolute Gasteiger partial charge is 0.212 e. The first-order valence-electron chi connectivity index (χ1n) is 4.82. The molecule has 0 saturated heterocycles. The summed E-state index contributed by atoms with van der Waals surface area (Å²) in [5.41, 5.74) is 0. The number of halogens is 4. The normalized spacial score (nSPS) is 13.8. The molecule has 0 aliphatic rings. The molecule has 0 aliphatic heterocycles. The van der Waals surface area contributed by atoms with Gasteiger partial charge >= 0.3 is 6.18 Å². The van der Waals surface area contributed by atoms with Crippen LogP contribution in [0.4, 0.5) is 17.6 Å². The van der Waals surface area contributed by atoms with Crippen LogP contribution >= 0.6 is 0 Å². The van der Waals surface area contributed by atoms with Crippen molar-refractivity contribution in [2.45, 2.75) is 45.7 Å². The highest BCUT2D eigenvalue weighted by molar-refractivity contribution is 4.95. The van der Waals surface area contributed by atoms with Crippen molar-refractivity contribution >= 4 is 0 Å². The van der Waals surface area contributed by atoms with Gasteiger partial charge in [0, 0.05) is 12.8 Å². The average molecular weight is 212 g/mol. The van der Waals surface area contributed by atoms with Crippen molar-refractivity contribution in [1.82, 2.24) is 0 Å². The number of rotatable bonds is 5. The SMILES string of the molecule is CCC(/C=C(\F)CCC(F)(F)F)CC.